The van der Waals surface area contributed by atoms with Crippen LogP contribution in [0.25, 0.3) is 0 Å². The maximum atomic E-state index is 13.7. The van der Waals surface area contributed by atoms with E-state index in [1.54, 1.807) is 6.07 Å². The van der Waals surface area contributed by atoms with Gasteiger partial charge in [0.2, 0.25) is 0 Å². The van der Waals surface area contributed by atoms with Crippen molar-refractivity contribution < 1.29 is 4.39 Å². The van der Waals surface area contributed by atoms with E-state index in [1.807, 2.05) is 13.8 Å². The molecule has 0 spiro atoms. The van der Waals surface area contributed by atoms with Crippen molar-refractivity contribution in [3.63, 3.8) is 0 Å². The first-order valence-corrected chi connectivity index (χ1v) is 6.19. The lowest BCUT2D eigenvalue weighted by Gasteiger charge is -2.23. The smallest absolute Gasteiger partial charge is 0.166 e. The number of rotatable bonds is 5. The molecular weight excluding hydrogens is 255 g/mol. The van der Waals surface area contributed by atoms with Crippen molar-refractivity contribution in [2.75, 3.05) is 5.32 Å². The van der Waals surface area contributed by atoms with E-state index in [4.69, 9.17) is 22.6 Å². The molecule has 0 radical (unpaired) electrons. The zero-order valence-electron chi connectivity index (χ0n) is 10.4. The summed E-state index contributed by atoms with van der Waals surface area (Å²) in [6.07, 6.45) is 1.52. The molecule has 0 fully saturated rings. The quantitative estimate of drug-likeness (QED) is 0.807. The van der Waals surface area contributed by atoms with Crippen LogP contribution in [-0.2, 0) is 0 Å². The van der Waals surface area contributed by atoms with E-state index in [2.05, 4.69) is 10.3 Å². The van der Waals surface area contributed by atoms with E-state index in [-0.39, 0.29) is 28.6 Å². The number of aromatic nitrogens is 1. The van der Waals surface area contributed by atoms with Crippen LogP contribution in [0.1, 0.15) is 32.3 Å². The molecule has 4 nitrogen and oxygen atoms in total. The van der Waals surface area contributed by atoms with Gasteiger partial charge >= 0.3 is 0 Å². The average Bonchev–Trinajstić information content (AvgIpc) is 2.38. The van der Waals surface area contributed by atoms with Crippen LogP contribution in [0.4, 0.5) is 10.2 Å². The highest BCUT2D eigenvalue weighted by atomic mass is 35.5. The first-order valence-electron chi connectivity index (χ1n) is 5.81. The molecule has 1 aromatic rings. The highest BCUT2D eigenvalue weighted by molar-refractivity contribution is 6.30. The Morgan fingerprint density at radius 1 is 1.56 bits per heavy atom. The van der Waals surface area contributed by atoms with Crippen LogP contribution < -0.4 is 11.1 Å². The van der Waals surface area contributed by atoms with E-state index in [9.17, 15) is 4.39 Å². The molecule has 98 valence electrons. The van der Waals surface area contributed by atoms with E-state index in [0.717, 1.165) is 18.9 Å². The highest BCUT2D eigenvalue weighted by Gasteiger charge is 2.18. The van der Waals surface area contributed by atoms with Crippen LogP contribution in [0, 0.1) is 17.1 Å². The molecule has 0 aliphatic heterocycles. The fourth-order valence-electron chi connectivity index (χ4n) is 1.62. The summed E-state index contributed by atoms with van der Waals surface area (Å²) < 4.78 is 13.7. The highest BCUT2D eigenvalue weighted by Crippen LogP contribution is 2.21. The normalized spacial score (nSPS) is 13.8. The lowest BCUT2D eigenvalue weighted by Crippen LogP contribution is -2.39. The van der Waals surface area contributed by atoms with Gasteiger partial charge in [-0.3, -0.25) is 0 Å². The number of nitrogens with zero attached hydrogens (tertiary/aromatic N) is 2. The topological polar surface area (TPSA) is 74.7 Å². The van der Waals surface area contributed by atoms with Crippen molar-refractivity contribution in [3.8, 4) is 6.07 Å². The standard InChI is InChI=1S/C12H16ClFN4/c1-3-9(16)10(4-2)17-12-8(14)5-7(6-15)11(13)18-12/h5,9-10H,3-4,16H2,1-2H3,(H,17,18)/t9?,10-/m1/s1. The van der Waals surface area contributed by atoms with Crippen molar-refractivity contribution in [3.05, 3.63) is 22.6 Å². The second-order valence-electron chi connectivity index (χ2n) is 4.00. The Balaban J connectivity index is 2.97. The number of nitrogens with two attached hydrogens (primary N) is 1. The summed E-state index contributed by atoms with van der Waals surface area (Å²) in [4.78, 5) is 3.85. The molecule has 1 unspecified atom stereocenters. The average molecular weight is 271 g/mol. The molecular formula is C12H16ClFN4. The maximum Gasteiger partial charge on any atom is 0.166 e. The number of nitriles is 1. The zero-order valence-corrected chi connectivity index (χ0v) is 11.1. The Morgan fingerprint density at radius 2 is 2.22 bits per heavy atom. The molecule has 0 saturated heterocycles. The summed E-state index contributed by atoms with van der Waals surface area (Å²) in [6, 6.07) is 2.67. The third-order valence-electron chi connectivity index (χ3n) is 2.80. The Labute approximate surface area is 111 Å². The fourth-order valence-corrected chi connectivity index (χ4v) is 1.80. The molecule has 0 saturated carbocycles. The Hall–Kier alpha value is -1.38. The lowest BCUT2D eigenvalue weighted by atomic mass is 10.0. The minimum Gasteiger partial charge on any atom is -0.363 e. The van der Waals surface area contributed by atoms with E-state index >= 15 is 0 Å². The molecule has 0 amide bonds. The molecule has 6 heteroatoms. The summed E-state index contributed by atoms with van der Waals surface area (Å²) in [5, 5.41) is 11.6. The van der Waals surface area contributed by atoms with Gasteiger partial charge in [-0.2, -0.15) is 5.26 Å². The summed E-state index contributed by atoms with van der Waals surface area (Å²) in [7, 11) is 0. The van der Waals surface area contributed by atoms with Gasteiger partial charge in [0.05, 0.1) is 5.56 Å². The van der Waals surface area contributed by atoms with Crippen LogP contribution in [0.3, 0.4) is 0 Å². The van der Waals surface area contributed by atoms with Crippen LogP contribution in [0.15, 0.2) is 6.07 Å². The van der Waals surface area contributed by atoms with Crippen molar-refractivity contribution in [2.45, 2.75) is 38.8 Å². The second kappa shape index (κ2) is 6.53. The number of pyridine rings is 1. The lowest BCUT2D eigenvalue weighted by molar-refractivity contribution is 0.521. The van der Waals surface area contributed by atoms with Crippen molar-refractivity contribution in [2.24, 2.45) is 5.73 Å². The Kier molecular flexibility index (Phi) is 5.32. The molecule has 0 aliphatic rings. The molecule has 1 rings (SSSR count). The van der Waals surface area contributed by atoms with Crippen LogP contribution in [-0.4, -0.2) is 17.1 Å². The van der Waals surface area contributed by atoms with Crippen LogP contribution in [0.2, 0.25) is 5.15 Å². The van der Waals surface area contributed by atoms with Gasteiger partial charge < -0.3 is 11.1 Å². The molecule has 3 N–H and O–H groups in total. The number of hydrogen-bond donors (Lipinski definition) is 2. The summed E-state index contributed by atoms with van der Waals surface area (Å²) in [6.45, 7) is 3.92. The first kappa shape index (κ1) is 14.7. The van der Waals surface area contributed by atoms with Gasteiger partial charge in [-0.15, -0.1) is 0 Å². The SMILES string of the molecule is CCC(N)[C@@H](CC)Nc1nc(Cl)c(C#N)cc1F. The van der Waals surface area contributed by atoms with E-state index in [0.29, 0.717) is 0 Å². The Bertz CT molecular complexity index is 458. The molecule has 2 atom stereocenters. The third-order valence-corrected chi connectivity index (χ3v) is 3.09. The molecule has 0 aromatic carbocycles. The van der Waals surface area contributed by atoms with Crippen molar-refractivity contribution in [1.29, 1.82) is 5.26 Å². The van der Waals surface area contributed by atoms with Crippen molar-refractivity contribution in [1.82, 2.24) is 4.98 Å². The predicted octanol–water partition coefficient (Wildman–Crippen LogP) is 2.67. The van der Waals surface area contributed by atoms with Gasteiger partial charge in [-0.25, -0.2) is 9.37 Å². The number of halogens is 2. The summed E-state index contributed by atoms with van der Waals surface area (Å²) in [5.74, 6) is -0.563. The molecule has 0 aliphatic carbocycles. The van der Waals surface area contributed by atoms with Crippen molar-refractivity contribution >= 4 is 17.4 Å². The number of anilines is 1. The minimum absolute atomic E-state index is 0.0127. The van der Waals surface area contributed by atoms with Gasteiger partial charge in [-0.1, -0.05) is 25.4 Å². The predicted molar refractivity (Wildman–Crippen MR) is 69.9 cm³/mol. The minimum atomic E-state index is -0.599. The van der Waals surface area contributed by atoms with Gasteiger partial charge in [0, 0.05) is 12.1 Å². The van der Waals surface area contributed by atoms with Crippen LogP contribution in [0.5, 0.6) is 0 Å². The second-order valence-corrected chi connectivity index (χ2v) is 4.36. The van der Waals surface area contributed by atoms with E-state index in [1.165, 1.54) is 0 Å². The fraction of sp³-hybridized carbons (Fsp3) is 0.500. The maximum absolute atomic E-state index is 13.7. The summed E-state index contributed by atoms with van der Waals surface area (Å²) in [5.41, 5.74) is 5.94. The molecule has 0 bridgehead atoms. The number of hydrogen-bond acceptors (Lipinski definition) is 4. The zero-order chi connectivity index (χ0) is 13.7. The summed E-state index contributed by atoms with van der Waals surface area (Å²) >= 11 is 5.77. The third kappa shape index (κ3) is 3.31. The Morgan fingerprint density at radius 3 is 2.72 bits per heavy atom. The number of nitrogens with one attached hydrogen (secondary N) is 1. The van der Waals surface area contributed by atoms with E-state index < -0.39 is 5.82 Å². The van der Waals surface area contributed by atoms with Gasteiger partial charge in [0.1, 0.15) is 11.2 Å². The molecule has 1 heterocycles. The molecule has 18 heavy (non-hydrogen) atoms. The monoisotopic (exact) mass is 270 g/mol. The van der Waals surface area contributed by atoms with Crippen LogP contribution >= 0.6 is 11.6 Å². The van der Waals surface area contributed by atoms with Gasteiger partial charge in [-0.05, 0) is 18.9 Å². The molecule has 1 aromatic heterocycles. The largest absolute Gasteiger partial charge is 0.363 e. The first-order chi connectivity index (χ1) is 8.53. The van der Waals surface area contributed by atoms with Gasteiger partial charge in [0.15, 0.2) is 11.6 Å². The van der Waals surface area contributed by atoms with Gasteiger partial charge in [0.25, 0.3) is 0 Å².